The first-order chi connectivity index (χ1) is 9.29. The third kappa shape index (κ3) is 2.21. The van der Waals surface area contributed by atoms with Crippen molar-refractivity contribution in [3.8, 4) is 5.88 Å². The Labute approximate surface area is 111 Å². The molecular formula is C14H17N3O2. The molecule has 0 saturated carbocycles. The van der Waals surface area contributed by atoms with Crippen LogP contribution in [0.25, 0.3) is 5.65 Å². The van der Waals surface area contributed by atoms with Crippen LogP contribution in [0.15, 0.2) is 29.1 Å². The summed E-state index contributed by atoms with van der Waals surface area (Å²) < 4.78 is 6.71. The van der Waals surface area contributed by atoms with E-state index in [1.54, 1.807) is 19.2 Å². The van der Waals surface area contributed by atoms with E-state index in [9.17, 15) is 4.79 Å². The molecule has 1 saturated heterocycles. The Morgan fingerprint density at radius 1 is 1.37 bits per heavy atom. The van der Waals surface area contributed by atoms with Gasteiger partial charge in [-0.2, -0.15) is 0 Å². The highest BCUT2D eigenvalue weighted by atomic mass is 16.5. The topological polar surface area (TPSA) is 55.6 Å². The van der Waals surface area contributed by atoms with Crippen molar-refractivity contribution in [3.63, 3.8) is 0 Å². The molecule has 19 heavy (non-hydrogen) atoms. The molecule has 1 fully saturated rings. The van der Waals surface area contributed by atoms with E-state index in [1.165, 1.54) is 4.40 Å². The molecule has 100 valence electrons. The summed E-state index contributed by atoms with van der Waals surface area (Å²) in [7, 11) is 1.56. The van der Waals surface area contributed by atoms with Crippen molar-refractivity contribution in [2.75, 3.05) is 20.2 Å². The van der Waals surface area contributed by atoms with Gasteiger partial charge in [0.2, 0.25) is 5.88 Å². The van der Waals surface area contributed by atoms with E-state index >= 15 is 0 Å². The molecule has 1 N–H and O–H groups in total. The van der Waals surface area contributed by atoms with Gasteiger partial charge in [0.05, 0.1) is 12.8 Å². The molecular weight excluding hydrogens is 242 g/mol. The number of methoxy groups -OCH3 is 1. The summed E-state index contributed by atoms with van der Waals surface area (Å²) in [6.07, 6.45) is 2.07. The number of pyridine rings is 1. The zero-order valence-corrected chi connectivity index (χ0v) is 10.9. The van der Waals surface area contributed by atoms with Crippen molar-refractivity contribution in [2.24, 2.45) is 0 Å². The van der Waals surface area contributed by atoms with Gasteiger partial charge >= 0.3 is 0 Å². The number of hydrogen-bond donors (Lipinski definition) is 1. The lowest BCUT2D eigenvalue weighted by molar-refractivity contribution is 0.389. The summed E-state index contributed by atoms with van der Waals surface area (Å²) in [5.74, 6) is 0.900. The van der Waals surface area contributed by atoms with Gasteiger partial charge in [-0.3, -0.25) is 4.79 Å². The average Bonchev–Trinajstić information content (AvgIpc) is 2.47. The van der Waals surface area contributed by atoms with E-state index in [2.05, 4.69) is 10.3 Å². The van der Waals surface area contributed by atoms with Gasteiger partial charge in [0, 0.05) is 12.0 Å². The number of fused-ring (bicyclic) bond motifs is 1. The highest BCUT2D eigenvalue weighted by Gasteiger charge is 2.18. The summed E-state index contributed by atoms with van der Waals surface area (Å²) >= 11 is 0. The summed E-state index contributed by atoms with van der Waals surface area (Å²) in [5.41, 5.74) is 1.48. The monoisotopic (exact) mass is 259 g/mol. The molecule has 2 aromatic rings. The molecule has 0 atom stereocenters. The first-order valence-corrected chi connectivity index (χ1v) is 6.57. The van der Waals surface area contributed by atoms with Crippen LogP contribution in [0.5, 0.6) is 5.88 Å². The van der Waals surface area contributed by atoms with Gasteiger partial charge in [0.1, 0.15) is 5.65 Å². The number of hydrogen-bond acceptors (Lipinski definition) is 4. The Balaban J connectivity index is 2.12. The fourth-order valence-corrected chi connectivity index (χ4v) is 2.63. The number of rotatable bonds is 2. The van der Waals surface area contributed by atoms with Crippen molar-refractivity contribution in [2.45, 2.75) is 18.8 Å². The lowest BCUT2D eigenvalue weighted by Crippen LogP contribution is -2.28. The molecule has 0 unspecified atom stereocenters. The normalized spacial score (nSPS) is 16.7. The molecule has 1 aliphatic heterocycles. The van der Waals surface area contributed by atoms with Crippen LogP contribution in [-0.4, -0.2) is 29.6 Å². The van der Waals surface area contributed by atoms with Gasteiger partial charge in [-0.1, -0.05) is 6.07 Å². The van der Waals surface area contributed by atoms with Gasteiger partial charge in [0.25, 0.3) is 5.56 Å². The molecule has 3 rings (SSSR count). The maximum atomic E-state index is 12.2. The maximum absolute atomic E-state index is 12.2. The van der Waals surface area contributed by atoms with Crippen molar-refractivity contribution < 1.29 is 4.74 Å². The highest BCUT2D eigenvalue weighted by Crippen LogP contribution is 2.23. The molecule has 0 aliphatic carbocycles. The first-order valence-electron chi connectivity index (χ1n) is 6.57. The Hall–Kier alpha value is -1.88. The Kier molecular flexibility index (Phi) is 3.21. The predicted molar refractivity (Wildman–Crippen MR) is 72.9 cm³/mol. The Morgan fingerprint density at radius 2 is 2.16 bits per heavy atom. The summed E-state index contributed by atoms with van der Waals surface area (Å²) in [5, 5.41) is 3.32. The smallest absolute Gasteiger partial charge is 0.260 e. The van der Waals surface area contributed by atoms with E-state index in [1.807, 2.05) is 12.1 Å². The van der Waals surface area contributed by atoms with Crippen LogP contribution in [0.2, 0.25) is 0 Å². The molecule has 0 radical (unpaired) electrons. The summed E-state index contributed by atoms with van der Waals surface area (Å²) in [6.45, 7) is 1.98. The maximum Gasteiger partial charge on any atom is 0.260 e. The Bertz CT molecular complexity index is 645. The lowest BCUT2D eigenvalue weighted by Gasteiger charge is -2.22. The second-order valence-electron chi connectivity index (χ2n) is 4.81. The number of nitrogens with zero attached hydrogens (tertiary/aromatic N) is 2. The minimum absolute atomic E-state index is 0.0732. The quantitative estimate of drug-likeness (QED) is 0.879. The van der Waals surface area contributed by atoms with Crippen LogP contribution in [-0.2, 0) is 0 Å². The number of nitrogens with one attached hydrogen (secondary N) is 1. The highest BCUT2D eigenvalue weighted by molar-refractivity contribution is 5.42. The van der Waals surface area contributed by atoms with Gasteiger partial charge in [-0.15, -0.1) is 0 Å². The number of aromatic nitrogens is 2. The van der Waals surface area contributed by atoms with Crippen molar-refractivity contribution >= 4 is 5.65 Å². The largest absolute Gasteiger partial charge is 0.482 e. The van der Waals surface area contributed by atoms with Crippen LogP contribution < -0.4 is 15.6 Å². The van der Waals surface area contributed by atoms with E-state index < -0.39 is 0 Å². The first kappa shape index (κ1) is 12.2. The standard InChI is InChI=1S/C14H17N3O2/c1-19-14-4-2-3-12-16-11(9-13(18)17(12)14)10-5-7-15-8-6-10/h2-4,9-10,15H,5-8H2,1H3. The second kappa shape index (κ2) is 5.01. The van der Waals surface area contributed by atoms with Gasteiger partial charge in [-0.05, 0) is 38.1 Å². The van der Waals surface area contributed by atoms with Crippen LogP contribution in [0.1, 0.15) is 24.5 Å². The molecule has 0 bridgehead atoms. The molecule has 0 amide bonds. The zero-order chi connectivity index (χ0) is 13.2. The van der Waals surface area contributed by atoms with E-state index in [0.717, 1.165) is 31.6 Å². The van der Waals surface area contributed by atoms with Gasteiger partial charge in [0.15, 0.2) is 0 Å². The van der Waals surface area contributed by atoms with Gasteiger partial charge in [-0.25, -0.2) is 9.38 Å². The lowest BCUT2D eigenvalue weighted by atomic mass is 9.94. The van der Waals surface area contributed by atoms with E-state index in [4.69, 9.17) is 4.74 Å². The SMILES string of the molecule is COc1cccc2nc(C3CCNCC3)cc(=O)n12. The Morgan fingerprint density at radius 3 is 2.89 bits per heavy atom. The van der Waals surface area contributed by atoms with Crippen molar-refractivity contribution in [1.82, 2.24) is 14.7 Å². The molecule has 2 aromatic heterocycles. The minimum Gasteiger partial charge on any atom is -0.482 e. The van der Waals surface area contributed by atoms with Crippen LogP contribution >= 0.6 is 0 Å². The zero-order valence-electron chi connectivity index (χ0n) is 10.9. The third-order valence-corrected chi connectivity index (χ3v) is 3.64. The number of piperidine rings is 1. The van der Waals surface area contributed by atoms with E-state index in [0.29, 0.717) is 17.4 Å². The number of ether oxygens (including phenoxy) is 1. The van der Waals surface area contributed by atoms with Gasteiger partial charge < -0.3 is 10.1 Å². The van der Waals surface area contributed by atoms with Crippen LogP contribution in [0, 0.1) is 0 Å². The van der Waals surface area contributed by atoms with Crippen molar-refractivity contribution in [1.29, 1.82) is 0 Å². The van der Waals surface area contributed by atoms with Crippen molar-refractivity contribution in [3.05, 3.63) is 40.3 Å². The molecule has 3 heterocycles. The fraction of sp³-hybridized carbons (Fsp3) is 0.429. The van der Waals surface area contributed by atoms with E-state index in [-0.39, 0.29) is 5.56 Å². The minimum atomic E-state index is -0.0732. The second-order valence-corrected chi connectivity index (χ2v) is 4.81. The molecule has 5 heteroatoms. The fourth-order valence-electron chi connectivity index (χ4n) is 2.63. The average molecular weight is 259 g/mol. The summed E-state index contributed by atoms with van der Waals surface area (Å²) in [6, 6.07) is 7.10. The van der Waals surface area contributed by atoms with Crippen LogP contribution in [0.4, 0.5) is 0 Å². The third-order valence-electron chi connectivity index (χ3n) is 3.64. The predicted octanol–water partition coefficient (Wildman–Crippen LogP) is 1.17. The molecule has 0 spiro atoms. The van der Waals surface area contributed by atoms with Crippen LogP contribution in [0.3, 0.4) is 0 Å². The summed E-state index contributed by atoms with van der Waals surface area (Å²) in [4.78, 5) is 16.9. The molecule has 0 aromatic carbocycles. The molecule has 5 nitrogen and oxygen atoms in total. The molecule has 1 aliphatic rings.